The first kappa shape index (κ1) is 6.95. The summed E-state index contributed by atoms with van der Waals surface area (Å²) in [7, 11) is 3.94. The van der Waals surface area contributed by atoms with E-state index in [1.165, 1.54) is 19.3 Å². The Kier molecular flexibility index (Phi) is 1.51. The Morgan fingerprint density at radius 1 is 1.45 bits per heavy atom. The van der Waals surface area contributed by atoms with Gasteiger partial charge in [0.1, 0.15) is 6.10 Å². The van der Waals surface area contributed by atoms with Gasteiger partial charge in [-0.2, -0.15) is 0 Å². The van der Waals surface area contributed by atoms with E-state index in [-0.39, 0.29) is 0 Å². The fourth-order valence-electron chi connectivity index (χ4n) is 1.72. The largest absolute Gasteiger partial charge is 0.460 e. The molecule has 62 valence electrons. The number of rotatable bonds is 0. The van der Waals surface area contributed by atoms with Crippen molar-refractivity contribution in [3.63, 3.8) is 0 Å². The number of fused-ring (bicyclic) bond motifs is 1. The highest BCUT2D eigenvalue weighted by molar-refractivity contribution is 5.75. The average molecular weight is 154 g/mol. The third-order valence-electron chi connectivity index (χ3n) is 2.33. The Labute approximate surface area is 67.1 Å². The molecule has 0 N–H and O–H groups in total. The van der Waals surface area contributed by atoms with E-state index in [0.717, 1.165) is 6.02 Å². The van der Waals surface area contributed by atoms with Crippen LogP contribution >= 0.6 is 0 Å². The normalized spacial score (nSPS) is 34.5. The average Bonchev–Trinajstić information content (AvgIpc) is 2.40. The fraction of sp³-hybridized carbons (Fsp3) is 0.875. The van der Waals surface area contributed by atoms with Gasteiger partial charge in [-0.15, -0.1) is 0 Å². The maximum Gasteiger partial charge on any atom is 0.287 e. The predicted molar refractivity (Wildman–Crippen MR) is 43.6 cm³/mol. The zero-order chi connectivity index (χ0) is 7.84. The van der Waals surface area contributed by atoms with Crippen LogP contribution in [0.4, 0.5) is 0 Å². The molecule has 1 aliphatic carbocycles. The van der Waals surface area contributed by atoms with Crippen molar-refractivity contribution in [2.24, 2.45) is 4.99 Å². The van der Waals surface area contributed by atoms with Crippen LogP contribution in [0.15, 0.2) is 4.99 Å². The topological polar surface area (TPSA) is 24.8 Å². The summed E-state index contributed by atoms with van der Waals surface area (Å²) in [5.41, 5.74) is 0. The molecule has 0 saturated heterocycles. The van der Waals surface area contributed by atoms with Crippen molar-refractivity contribution in [1.82, 2.24) is 4.90 Å². The fourth-order valence-corrected chi connectivity index (χ4v) is 1.72. The van der Waals surface area contributed by atoms with Gasteiger partial charge in [-0.25, -0.2) is 4.99 Å². The Morgan fingerprint density at radius 3 is 2.91 bits per heavy atom. The van der Waals surface area contributed by atoms with Crippen molar-refractivity contribution >= 4 is 6.02 Å². The van der Waals surface area contributed by atoms with Crippen molar-refractivity contribution in [2.45, 2.75) is 31.4 Å². The van der Waals surface area contributed by atoms with Crippen molar-refractivity contribution in [2.75, 3.05) is 14.1 Å². The second kappa shape index (κ2) is 2.40. The molecule has 1 aliphatic heterocycles. The lowest BCUT2D eigenvalue weighted by Gasteiger charge is -2.13. The SMILES string of the molecule is CN(C)C1=N[C@@H]2CCC[C@@H]2O1. The summed E-state index contributed by atoms with van der Waals surface area (Å²) in [4.78, 5) is 6.41. The molecule has 11 heavy (non-hydrogen) atoms. The monoisotopic (exact) mass is 154 g/mol. The number of hydrogen-bond acceptors (Lipinski definition) is 3. The molecule has 0 aromatic rings. The van der Waals surface area contributed by atoms with Gasteiger partial charge in [0, 0.05) is 14.1 Å². The molecule has 3 heteroatoms. The maximum absolute atomic E-state index is 5.62. The Morgan fingerprint density at radius 2 is 2.27 bits per heavy atom. The van der Waals surface area contributed by atoms with Crippen molar-refractivity contribution in [1.29, 1.82) is 0 Å². The van der Waals surface area contributed by atoms with Crippen LogP contribution in [0.1, 0.15) is 19.3 Å². The van der Waals surface area contributed by atoms with Crippen molar-refractivity contribution in [3.8, 4) is 0 Å². The van der Waals surface area contributed by atoms with Gasteiger partial charge in [-0.05, 0) is 19.3 Å². The molecule has 1 fully saturated rings. The number of aliphatic imine (C=N–C) groups is 1. The van der Waals surface area contributed by atoms with Gasteiger partial charge in [-0.1, -0.05) is 0 Å². The predicted octanol–water partition coefficient (Wildman–Crippen LogP) is 0.855. The van der Waals surface area contributed by atoms with Gasteiger partial charge in [0.05, 0.1) is 6.04 Å². The van der Waals surface area contributed by atoms with E-state index >= 15 is 0 Å². The second-order valence-electron chi connectivity index (χ2n) is 3.46. The molecule has 1 heterocycles. The summed E-state index contributed by atoms with van der Waals surface area (Å²) >= 11 is 0. The number of nitrogens with zero attached hydrogens (tertiary/aromatic N) is 2. The first-order valence-electron chi connectivity index (χ1n) is 4.19. The zero-order valence-electron chi connectivity index (χ0n) is 7.08. The van der Waals surface area contributed by atoms with Gasteiger partial charge in [0.2, 0.25) is 0 Å². The highest BCUT2D eigenvalue weighted by Crippen LogP contribution is 2.29. The number of hydrogen-bond donors (Lipinski definition) is 0. The molecule has 0 aromatic heterocycles. The maximum atomic E-state index is 5.62. The van der Waals surface area contributed by atoms with E-state index in [4.69, 9.17) is 4.74 Å². The lowest BCUT2D eigenvalue weighted by atomic mass is 10.2. The highest BCUT2D eigenvalue weighted by atomic mass is 16.5. The minimum absolute atomic E-state index is 0.396. The Balaban J connectivity index is 2.07. The van der Waals surface area contributed by atoms with Crippen LogP contribution < -0.4 is 0 Å². The van der Waals surface area contributed by atoms with Crippen molar-refractivity contribution in [3.05, 3.63) is 0 Å². The molecule has 0 radical (unpaired) electrons. The van der Waals surface area contributed by atoms with Crippen LogP contribution in [0.3, 0.4) is 0 Å². The first-order chi connectivity index (χ1) is 5.27. The van der Waals surface area contributed by atoms with E-state index in [0.29, 0.717) is 12.1 Å². The van der Waals surface area contributed by atoms with E-state index in [1.54, 1.807) is 0 Å². The second-order valence-corrected chi connectivity index (χ2v) is 3.46. The van der Waals surface area contributed by atoms with Crippen LogP contribution in [0.2, 0.25) is 0 Å². The van der Waals surface area contributed by atoms with Crippen LogP contribution in [0.5, 0.6) is 0 Å². The molecule has 2 aliphatic rings. The zero-order valence-corrected chi connectivity index (χ0v) is 7.08. The summed E-state index contributed by atoms with van der Waals surface area (Å²) < 4.78 is 5.62. The lowest BCUT2D eigenvalue weighted by Crippen LogP contribution is -2.24. The van der Waals surface area contributed by atoms with Gasteiger partial charge >= 0.3 is 0 Å². The van der Waals surface area contributed by atoms with Crippen LogP contribution in [-0.4, -0.2) is 37.2 Å². The van der Waals surface area contributed by atoms with E-state index in [9.17, 15) is 0 Å². The molecular weight excluding hydrogens is 140 g/mol. The molecule has 0 bridgehead atoms. The molecule has 0 unspecified atom stereocenters. The smallest absolute Gasteiger partial charge is 0.287 e. The molecule has 0 amide bonds. The Hall–Kier alpha value is -0.730. The molecule has 2 atom stereocenters. The quantitative estimate of drug-likeness (QED) is 0.517. The van der Waals surface area contributed by atoms with Crippen LogP contribution in [0, 0.1) is 0 Å². The number of ether oxygens (including phenoxy) is 1. The molecule has 0 spiro atoms. The molecule has 2 rings (SSSR count). The van der Waals surface area contributed by atoms with Gasteiger partial charge in [-0.3, -0.25) is 0 Å². The number of amidine groups is 1. The molecule has 0 aromatic carbocycles. The van der Waals surface area contributed by atoms with E-state index in [2.05, 4.69) is 4.99 Å². The highest BCUT2D eigenvalue weighted by Gasteiger charge is 2.35. The van der Waals surface area contributed by atoms with E-state index < -0.39 is 0 Å². The van der Waals surface area contributed by atoms with Gasteiger partial charge < -0.3 is 9.64 Å². The molecule has 3 nitrogen and oxygen atoms in total. The third kappa shape index (κ3) is 1.08. The molecular formula is C8H14N2O. The summed E-state index contributed by atoms with van der Waals surface area (Å²) in [6.45, 7) is 0. The van der Waals surface area contributed by atoms with Gasteiger partial charge in [0.25, 0.3) is 6.02 Å². The Bertz CT molecular complexity index is 189. The van der Waals surface area contributed by atoms with Crippen LogP contribution in [0.25, 0.3) is 0 Å². The van der Waals surface area contributed by atoms with Gasteiger partial charge in [0.15, 0.2) is 0 Å². The van der Waals surface area contributed by atoms with Crippen molar-refractivity contribution < 1.29 is 4.74 Å². The molecule has 1 saturated carbocycles. The lowest BCUT2D eigenvalue weighted by molar-refractivity contribution is 0.186. The summed E-state index contributed by atoms with van der Waals surface area (Å²) in [5, 5.41) is 0. The first-order valence-corrected chi connectivity index (χ1v) is 4.19. The summed E-state index contributed by atoms with van der Waals surface area (Å²) in [6.07, 6.45) is 4.07. The summed E-state index contributed by atoms with van der Waals surface area (Å²) in [6, 6.07) is 1.28. The minimum Gasteiger partial charge on any atom is -0.460 e. The summed E-state index contributed by atoms with van der Waals surface area (Å²) in [5.74, 6) is 0. The standard InChI is InChI=1S/C8H14N2O/c1-10(2)8-9-6-4-3-5-7(6)11-8/h6-7H,3-5H2,1-2H3/t6-,7+/m1/s1. The minimum atomic E-state index is 0.396. The van der Waals surface area contributed by atoms with E-state index in [1.807, 2.05) is 19.0 Å². The van der Waals surface area contributed by atoms with Crippen LogP contribution in [-0.2, 0) is 4.74 Å². The third-order valence-corrected chi connectivity index (χ3v) is 2.33.